The summed E-state index contributed by atoms with van der Waals surface area (Å²) in [5, 5.41) is 12.3. The third-order valence-corrected chi connectivity index (χ3v) is 5.53. The number of allylic oxidation sites excluding steroid dienone is 1. The van der Waals surface area contributed by atoms with Gasteiger partial charge >= 0.3 is 5.97 Å². The number of aryl methyl sites for hydroxylation is 1. The maximum Gasteiger partial charge on any atom is 0.303 e. The number of nitrogens with one attached hydrogen (secondary N) is 1. The van der Waals surface area contributed by atoms with Crippen LogP contribution < -0.4 is 10.1 Å². The Kier molecular flexibility index (Phi) is 7.68. The number of benzene rings is 2. The van der Waals surface area contributed by atoms with Gasteiger partial charge in [0.15, 0.2) is 0 Å². The van der Waals surface area contributed by atoms with Gasteiger partial charge in [0.05, 0.1) is 7.11 Å². The van der Waals surface area contributed by atoms with Crippen molar-refractivity contribution in [2.75, 3.05) is 12.4 Å². The molecule has 150 valence electrons. The molecule has 0 saturated carbocycles. The Labute approximate surface area is 168 Å². The fourth-order valence-corrected chi connectivity index (χ4v) is 3.68. The van der Waals surface area contributed by atoms with E-state index in [1.807, 2.05) is 42.5 Å². The molecule has 0 spiro atoms. The monoisotopic (exact) mass is 381 g/mol. The number of carboxylic acid groups (broad SMARTS) is 1. The highest BCUT2D eigenvalue weighted by Gasteiger charge is 2.30. The fraction of sp³-hybridized carbons (Fsp3) is 0.375. The number of aliphatic carboxylic acids is 1. The fourth-order valence-electron chi connectivity index (χ4n) is 3.68. The predicted octanol–water partition coefficient (Wildman–Crippen LogP) is 6.09. The van der Waals surface area contributed by atoms with E-state index in [4.69, 9.17) is 9.84 Å². The Morgan fingerprint density at radius 3 is 2.32 bits per heavy atom. The lowest BCUT2D eigenvalue weighted by atomic mass is 9.73. The summed E-state index contributed by atoms with van der Waals surface area (Å²) >= 11 is 0. The van der Waals surface area contributed by atoms with Crippen LogP contribution in [-0.2, 0) is 16.6 Å². The third kappa shape index (κ3) is 5.16. The first kappa shape index (κ1) is 21.5. The van der Waals surface area contributed by atoms with Gasteiger partial charge in [-0.25, -0.2) is 0 Å². The van der Waals surface area contributed by atoms with Crippen LogP contribution in [0.1, 0.15) is 50.7 Å². The van der Waals surface area contributed by atoms with Gasteiger partial charge in [0, 0.05) is 28.8 Å². The van der Waals surface area contributed by atoms with Gasteiger partial charge in [-0.15, -0.1) is 6.58 Å². The molecule has 0 aromatic heterocycles. The zero-order valence-corrected chi connectivity index (χ0v) is 17.1. The van der Waals surface area contributed by atoms with Crippen molar-refractivity contribution in [1.82, 2.24) is 0 Å². The van der Waals surface area contributed by atoms with Crippen molar-refractivity contribution >= 4 is 17.3 Å². The topological polar surface area (TPSA) is 58.6 Å². The van der Waals surface area contributed by atoms with Gasteiger partial charge in [-0.1, -0.05) is 32.1 Å². The molecule has 0 fully saturated rings. The van der Waals surface area contributed by atoms with E-state index in [-0.39, 0.29) is 11.8 Å². The lowest BCUT2D eigenvalue weighted by molar-refractivity contribution is -0.136. The molecule has 28 heavy (non-hydrogen) atoms. The van der Waals surface area contributed by atoms with Crippen molar-refractivity contribution in [3.8, 4) is 5.75 Å². The molecule has 0 heterocycles. The summed E-state index contributed by atoms with van der Waals surface area (Å²) in [6, 6.07) is 14.1. The average molecular weight is 382 g/mol. The van der Waals surface area contributed by atoms with Gasteiger partial charge in [0.1, 0.15) is 5.75 Å². The molecule has 0 aliphatic rings. The first-order chi connectivity index (χ1) is 13.5. The number of methoxy groups -OCH3 is 1. The molecule has 0 radical (unpaired) electrons. The van der Waals surface area contributed by atoms with E-state index in [0.29, 0.717) is 6.42 Å². The molecule has 2 aromatic carbocycles. The largest absolute Gasteiger partial charge is 0.496 e. The standard InChI is InChI=1S/C24H31NO3/c1-5-16-24(6-2,7-3)21-17-20(13-14-22(21)28-4)25-19-11-8-18(9-12-19)10-15-23(26)27/h5,8-9,11-14,17,25H,1,6-7,10,15-16H2,2-4H3,(H,26,27). The van der Waals surface area contributed by atoms with Crippen molar-refractivity contribution < 1.29 is 14.6 Å². The summed E-state index contributed by atoms with van der Waals surface area (Å²) < 4.78 is 5.66. The summed E-state index contributed by atoms with van der Waals surface area (Å²) in [6.07, 6.45) is 5.59. The Bertz CT molecular complexity index is 792. The molecule has 2 N–H and O–H groups in total. The molecule has 0 saturated heterocycles. The summed E-state index contributed by atoms with van der Waals surface area (Å²) in [5.74, 6) is 0.128. The van der Waals surface area contributed by atoms with E-state index >= 15 is 0 Å². The maximum absolute atomic E-state index is 10.7. The van der Waals surface area contributed by atoms with Crippen molar-refractivity contribution in [2.24, 2.45) is 0 Å². The Morgan fingerprint density at radius 2 is 1.79 bits per heavy atom. The lowest BCUT2D eigenvalue weighted by Gasteiger charge is -2.33. The second kappa shape index (κ2) is 9.98. The normalized spacial score (nSPS) is 11.1. The van der Waals surface area contributed by atoms with Crippen LogP contribution in [-0.4, -0.2) is 18.2 Å². The van der Waals surface area contributed by atoms with Crippen molar-refractivity contribution in [2.45, 2.75) is 51.4 Å². The van der Waals surface area contributed by atoms with Crippen LogP contribution in [0.2, 0.25) is 0 Å². The van der Waals surface area contributed by atoms with Crippen molar-refractivity contribution in [1.29, 1.82) is 0 Å². The van der Waals surface area contributed by atoms with E-state index < -0.39 is 5.97 Å². The molecule has 4 nitrogen and oxygen atoms in total. The van der Waals surface area contributed by atoms with Gasteiger partial charge in [-0.2, -0.15) is 0 Å². The summed E-state index contributed by atoms with van der Waals surface area (Å²) in [4.78, 5) is 10.7. The summed E-state index contributed by atoms with van der Waals surface area (Å²) in [7, 11) is 1.71. The van der Waals surface area contributed by atoms with Gasteiger partial charge in [0.25, 0.3) is 0 Å². The number of carbonyl (C=O) groups is 1. The minimum absolute atomic E-state index is 0.00543. The molecule has 0 amide bonds. The third-order valence-electron chi connectivity index (χ3n) is 5.53. The number of hydrogen-bond acceptors (Lipinski definition) is 3. The Hall–Kier alpha value is -2.75. The second-order valence-electron chi connectivity index (χ2n) is 7.11. The van der Waals surface area contributed by atoms with Gasteiger partial charge < -0.3 is 15.2 Å². The Balaban J connectivity index is 2.27. The minimum atomic E-state index is -0.775. The van der Waals surface area contributed by atoms with Crippen LogP contribution >= 0.6 is 0 Å². The zero-order valence-electron chi connectivity index (χ0n) is 17.1. The van der Waals surface area contributed by atoms with E-state index in [1.165, 1.54) is 5.56 Å². The number of rotatable bonds is 11. The highest BCUT2D eigenvalue weighted by Crippen LogP contribution is 2.42. The molecular weight excluding hydrogens is 350 g/mol. The predicted molar refractivity (Wildman–Crippen MR) is 116 cm³/mol. The second-order valence-corrected chi connectivity index (χ2v) is 7.11. The molecule has 0 atom stereocenters. The van der Waals surface area contributed by atoms with Crippen molar-refractivity contribution in [3.05, 3.63) is 66.2 Å². The summed E-state index contributed by atoms with van der Waals surface area (Å²) in [6.45, 7) is 8.37. The smallest absolute Gasteiger partial charge is 0.303 e. The van der Waals surface area contributed by atoms with Gasteiger partial charge in [-0.3, -0.25) is 4.79 Å². The maximum atomic E-state index is 10.7. The highest BCUT2D eigenvalue weighted by atomic mass is 16.5. The number of hydrogen-bond donors (Lipinski definition) is 2. The SMILES string of the molecule is C=CCC(CC)(CC)c1cc(Nc2ccc(CCC(=O)O)cc2)ccc1OC. The van der Waals surface area contributed by atoms with E-state index in [1.54, 1.807) is 7.11 Å². The van der Waals surface area contributed by atoms with Crippen LogP contribution in [0.25, 0.3) is 0 Å². The molecule has 0 aliphatic heterocycles. The number of anilines is 2. The first-order valence-corrected chi connectivity index (χ1v) is 9.85. The molecule has 4 heteroatoms. The average Bonchev–Trinajstić information content (AvgIpc) is 2.71. The molecule has 0 unspecified atom stereocenters. The first-order valence-electron chi connectivity index (χ1n) is 9.85. The van der Waals surface area contributed by atoms with Crippen LogP contribution in [0.3, 0.4) is 0 Å². The van der Waals surface area contributed by atoms with Gasteiger partial charge in [-0.05, 0) is 61.6 Å². The van der Waals surface area contributed by atoms with Crippen LogP contribution in [0, 0.1) is 0 Å². The molecule has 0 aliphatic carbocycles. The van der Waals surface area contributed by atoms with E-state index in [9.17, 15) is 4.79 Å². The number of carboxylic acids is 1. The molecule has 2 rings (SSSR count). The van der Waals surface area contributed by atoms with E-state index in [2.05, 4.69) is 31.8 Å². The molecule has 0 bridgehead atoms. The lowest BCUT2D eigenvalue weighted by Crippen LogP contribution is -2.24. The van der Waals surface area contributed by atoms with Crippen molar-refractivity contribution in [3.63, 3.8) is 0 Å². The number of ether oxygens (including phenoxy) is 1. The van der Waals surface area contributed by atoms with E-state index in [0.717, 1.165) is 42.0 Å². The molecule has 2 aromatic rings. The van der Waals surface area contributed by atoms with Crippen LogP contribution in [0.5, 0.6) is 5.75 Å². The molecular formula is C24H31NO3. The van der Waals surface area contributed by atoms with Gasteiger partial charge in [0.2, 0.25) is 0 Å². The minimum Gasteiger partial charge on any atom is -0.496 e. The van der Waals surface area contributed by atoms with Crippen LogP contribution in [0.4, 0.5) is 11.4 Å². The summed E-state index contributed by atoms with van der Waals surface area (Å²) in [5.41, 5.74) is 4.20. The zero-order chi connectivity index (χ0) is 20.6. The van der Waals surface area contributed by atoms with Crippen LogP contribution in [0.15, 0.2) is 55.1 Å². The quantitative estimate of drug-likeness (QED) is 0.462. The Morgan fingerprint density at radius 1 is 1.14 bits per heavy atom. The highest BCUT2D eigenvalue weighted by molar-refractivity contribution is 5.67.